The van der Waals surface area contributed by atoms with Gasteiger partial charge in [0.25, 0.3) is 5.91 Å². The molecule has 0 saturated carbocycles. The second-order valence-corrected chi connectivity index (χ2v) is 8.49. The Kier molecular flexibility index (Phi) is 7.87. The van der Waals surface area contributed by atoms with Crippen molar-refractivity contribution in [2.45, 2.75) is 39.2 Å². The maximum Gasteiger partial charge on any atom is 0.254 e. The fourth-order valence-electron chi connectivity index (χ4n) is 3.29. The van der Waals surface area contributed by atoms with Crippen molar-refractivity contribution in [1.82, 2.24) is 15.2 Å². The molecule has 1 aromatic heterocycles. The molecule has 0 unspecified atom stereocenters. The smallest absolute Gasteiger partial charge is 0.254 e. The molecular weight excluding hydrogens is 410 g/mol. The number of thiazole rings is 1. The molecule has 1 aliphatic heterocycles. The number of hydrogen-bond acceptors (Lipinski definition) is 5. The number of nitrogens with one attached hydrogen (secondary N) is 2. The molecule has 2 amide bonds. The van der Waals surface area contributed by atoms with E-state index < -0.39 is 17.5 Å². The van der Waals surface area contributed by atoms with E-state index in [1.54, 1.807) is 0 Å². The summed E-state index contributed by atoms with van der Waals surface area (Å²) in [6, 6.07) is 2.78. The Labute approximate surface area is 178 Å². The quantitative estimate of drug-likeness (QED) is 0.618. The van der Waals surface area contributed by atoms with Crippen molar-refractivity contribution in [3.63, 3.8) is 0 Å². The summed E-state index contributed by atoms with van der Waals surface area (Å²) in [5, 5.41) is 7.84. The third-order valence-electron chi connectivity index (χ3n) is 5.10. The number of likely N-dealkylation sites (tertiary alicyclic amines) is 1. The summed E-state index contributed by atoms with van der Waals surface area (Å²) < 4.78 is 26.5. The summed E-state index contributed by atoms with van der Waals surface area (Å²) in [7, 11) is 0. The van der Waals surface area contributed by atoms with E-state index in [9.17, 15) is 18.4 Å². The van der Waals surface area contributed by atoms with Gasteiger partial charge in [-0.25, -0.2) is 13.8 Å². The Morgan fingerprint density at radius 2 is 2.03 bits per heavy atom. The zero-order chi connectivity index (χ0) is 21.5. The van der Waals surface area contributed by atoms with Crippen molar-refractivity contribution in [1.29, 1.82) is 0 Å². The van der Waals surface area contributed by atoms with Gasteiger partial charge in [-0.05, 0) is 50.4 Å². The first-order valence-corrected chi connectivity index (χ1v) is 11.0. The first-order chi connectivity index (χ1) is 14.4. The summed E-state index contributed by atoms with van der Waals surface area (Å²) >= 11 is 1.40. The SMILES string of the molecule is CC1CCN(Cc2csc(NC(=O)CCCNC(=O)c3ccc(F)cc3F)n2)CC1. The van der Waals surface area contributed by atoms with Crippen LogP contribution in [-0.2, 0) is 11.3 Å². The van der Waals surface area contributed by atoms with Gasteiger partial charge in [-0.15, -0.1) is 11.3 Å². The molecule has 3 rings (SSSR count). The Morgan fingerprint density at radius 3 is 2.77 bits per heavy atom. The summed E-state index contributed by atoms with van der Waals surface area (Å²) in [4.78, 5) is 30.9. The van der Waals surface area contributed by atoms with Crippen molar-refractivity contribution in [2.75, 3.05) is 25.0 Å². The highest BCUT2D eigenvalue weighted by Gasteiger charge is 2.17. The minimum absolute atomic E-state index is 0.190. The Balaban J connectivity index is 1.36. The van der Waals surface area contributed by atoms with Crippen LogP contribution in [0.3, 0.4) is 0 Å². The van der Waals surface area contributed by atoms with Crippen molar-refractivity contribution in [2.24, 2.45) is 5.92 Å². The summed E-state index contributed by atoms with van der Waals surface area (Å²) in [5.41, 5.74) is 0.734. The fourth-order valence-corrected chi connectivity index (χ4v) is 4.01. The van der Waals surface area contributed by atoms with Crippen LogP contribution in [0, 0.1) is 17.6 Å². The lowest BCUT2D eigenvalue weighted by atomic mass is 9.99. The number of anilines is 1. The van der Waals surface area contributed by atoms with Gasteiger partial charge in [-0.3, -0.25) is 14.5 Å². The van der Waals surface area contributed by atoms with Crippen LogP contribution in [0.25, 0.3) is 0 Å². The minimum Gasteiger partial charge on any atom is -0.352 e. The number of benzene rings is 1. The molecular formula is C21H26F2N4O2S. The monoisotopic (exact) mass is 436 g/mol. The van der Waals surface area contributed by atoms with E-state index in [4.69, 9.17) is 0 Å². The summed E-state index contributed by atoms with van der Waals surface area (Å²) in [6.45, 7) is 5.44. The molecule has 162 valence electrons. The number of hydrogen-bond donors (Lipinski definition) is 2. The van der Waals surface area contributed by atoms with E-state index in [1.165, 1.54) is 24.2 Å². The second-order valence-electron chi connectivity index (χ2n) is 7.63. The number of carbonyl (C=O) groups excluding carboxylic acids is 2. The van der Waals surface area contributed by atoms with Gasteiger partial charge in [0.15, 0.2) is 5.13 Å². The van der Waals surface area contributed by atoms with Crippen molar-refractivity contribution >= 4 is 28.3 Å². The molecule has 0 radical (unpaired) electrons. The number of nitrogens with zero attached hydrogens (tertiary/aromatic N) is 2. The highest BCUT2D eigenvalue weighted by molar-refractivity contribution is 7.13. The molecule has 0 bridgehead atoms. The lowest BCUT2D eigenvalue weighted by Gasteiger charge is -2.29. The van der Waals surface area contributed by atoms with Gasteiger partial charge in [0.2, 0.25) is 5.91 Å². The minimum atomic E-state index is -0.913. The maximum atomic E-state index is 13.6. The third kappa shape index (κ3) is 6.56. The molecule has 2 aromatic rings. The standard InChI is InChI=1S/C21H26F2N4O2S/c1-14-6-9-27(10-7-14)12-16-13-30-21(25-16)26-19(28)3-2-8-24-20(29)17-5-4-15(22)11-18(17)23/h4-5,11,13-14H,2-3,6-10,12H2,1H3,(H,24,29)(H,25,26,28). The van der Waals surface area contributed by atoms with Crippen LogP contribution < -0.4 is 10.6 Å². The molecule has 2 N–H and O–H groups in total. The number of piperidine rings is 1. The lowest BCUT2D eigenvalue weighted by Crippen LogP contribution is -2.32. The van der Waals surface area contributed by atoms with Crippen molar-refractivity contribution < 1.29 is 18.4 Å². The number of rotatable bonds is 8. The van der Waals surface area contributed by atoms with Crippen LogP contribution in [0.5, 0.6) is 0 Å². The number of aromatic nitrogens is 1. The molecule has 0 aliphatic carbocycles. The molecule has 2 heterocycles. The van der Waals surface area contributed by atoms with Crippen LogP contribution >= 0.6 is 11.3 Å². The average Bonchev–Trinajstić information content (AvgIpc) is 3.13. The third-order valence-corrected chi connectivity index (χ3v) is 5.91. The highest BCUT2D eigenvalue weighted by atomic mass is 32.1. The molecule has 6 nitrogen and oxygen atoms in total. The molecule has 1 fully saturated rings. The predicted molar refractivity (Wildman–Crippen MR) is 112 cm³/mol. The average molecular weight is 437 g/mol. The Hall–Kier alpha value is -2.39. The highest BCUT2D eigenvalue weighted by Crippen LogP contribution is 2.21. The predicted octanol–water partition coefficient (Wildman–Crippen LogP) is 3.80. The van der Waals surface area contributed by atoms with Gasteiger partial charge >= 0.3 is 0 Å². The van der Waals surface area contributed by atoms with Crippen LogP contribution in [0.1, 0.15) is 48.7 Å². The number of halogens is 2. The van der Waals surface area contributed by atoms with Crippen LogP contribution in [-0.4, -0.2) is 41.3 Å². The van der Waals surface area contributed by atoms with Crippen molar-refractivity contribution in [3.8, 4) is 0 Å². The largest absolute Gasteiger partial charge is 0.352 e. The van der Waals surface area contributed by atoms with Crippen LogP contribution in [0.15, 0.2) is 23.6 Å². The van der Waals surface area contributed by atoms with Gasteiger partial charge in [-0.1, -0.05) is 6.92 Å². The van der Waals surface area contributed by atoms with E-state index >= 15 is 0 Å². The second kappa shape index (κ2) is 10.6. The molecule has 30 heavy (non-hydrogen) atoms. The maximum absolute atomic E-state index is 13.6. The summed E-state index contributed by atoms with van der Waals surface area (Å²) in [6.07, 6.45) is 3.01. The molecule has 0 spiro atoms. The van der Waals surface area contributed by atoms with Gasteiger partial charge in [0, 0.05) is 31.0 Å². The van der Waals surface area contributed by atoms with Gasteiger partial charge < -0.3 is 10.6 Å². The van der Waals surface area contributed by atoms with E-state index in [2.05, 4.69) is 27.4 Å². The lowest BCUT2D eigenvalue weighted by molar-refractivity contribution is -0.116. The van der Waals surface area contributed by atoms with Gasteiger partial charge in [0.05, 0.1) is 11.3 Å². The van der Waals surface area contributed by atoms with Gasteiger partial charge in [-0.2, -0.15) is 0 Å². The zero-order valence-electron chi connectivity index (χ0n) is 16.9. The normalized spacial score (nSPS) is 15.2. The molecule has 9 heteroatoms. The van der Waals surface area contributed by atoms with Crippen molar-refractivity contribution in [3.05, 3.63) is 46.5 Å². The van der Waals surface area contributed by atoms with Crippen LogP contribution in [0.2, 0.25) is 0 Å². The molecule has 0 atom stereocenters. The summed E-state index contributed by atoms with van der Waals surface area (Å²) in [5.74, 6) is -1.69. The molecule has 1 aliphatic rings. The topological polar surface area (TPSA) is 74.3 Å². The van der Waals surface area contributed by atoms with E-state index in [0.29, 0.717) is 17.6 Å². The molecule has 1 saturated heterocycles. The number of amides is 2. The van der Waals surface area contributed by atoms with Crippen LogP contribution in [0.4, 0.5) is 13.9 Å². The molecule has 1 aromatic carbocycles. The van der Waals surface area contributed by atoms with Gasteiger partial charge in [0.1, 0.15) is 11.6 Å². The fraction of sp³-hybridized carbons (Fsp3) is 0.476. The zero-order valence-corrected chi connectivity index (χ0v) is 17.7. The Bertz CT molecular complexity index is 882. The van der Waals surface area contributed by atoms with E-state index in [-0.39, 0.29) is 24.4 Å². The first kappa shape index (κ1) is 22.3. The van der Waals surface area contributed by atoms with E-state index in [1.807, 2.05) is 5.38 Å². The first-order valence-electron chi connectivity index (χ1n) is 10.1. The Morgan fingerprint density at radius 1 is 1.27 bits per heavy atom. The van der Waals surface area contributed by atoms with E-state index in [0.717, 1.165) is 43.4 Å². The number of carbonyl (C=O) groups is 2.